The minimum absolute atomic E-state index is 0.169. The highest BCUT2D eigenvalue weighted by molar-refractivity contribution is 5.88. The van der Waals surface area contributed by atoms with Gasteiger partial charge in [-0.1, -0.05) is 61.5 Å². The molecule has 0 saturated heterocycles. The molecule has 6 nitrogen and oxygen atoms in total. The van der Waals surface area contributed by atoms with E-state index in [1.165, 1.54) is 5.56 Å². The highest BCUT2D eigenvalue weighted by Crippen LogP contribution is 2.19. The molecule has 0 aliphatic heterocycles. The Labute approximate surface area is 201 Å². The highest BCUT2D eigenvalue weighted by atomic mass is 16.5. The largest absolute Gasteiger partial charge is 0.497 e. The second kappa shape index (κ2) is 12.4. The molecule has 3 aromatic rings. The summed E-state index contributed by atoms with van der Waals surface area (Å²) in [4.78, 5) is 28.0. The molecule has 0 spiro atoms. The maximum atomic E-state index is 13.4. The van der Waals surface area contributed by atoms with Crippen molar-refractivity contribution in [3.63, 3.8) is 0 Å². The zero-order valence-corrected chi connectivity index (χ0v) is 20.0. The zero-order chi connectivity index (χ0) is 24.3. The van der Waals surface area contributed by atoms with Gasteiger partial charge in [0.15, 0.2) is 6.61 Å². The minimum atomic E-state index is -0.697. The number of methoxy groups -OCH3 is 1. The van der Waals surface area contributed by atoms with Crippen LogP contribution in [0.15, 0.2) is 78.9 Å². The molecule has 0 aliphatic rings. The molecule has 0 radical (unpaired) electrons. The average Bonchev–Trinajstić information content (AvgIpc) is 2.89. The summed E-state index contributed by atoms with van der Waals surface area (Å²) in [5.41, 5.74) is 3.03. The van der Waals surface area contributed by atoms with Gasteiger partial charge < -0.3 is 19.7 Å². The molecular formula is C28H32N2O4. The number of ether oxygens (including phenoxy) is 2. The predicted octanol–water partition coefficient (Wildman–Crippen LogP) is 4.02. The smallest absolute Gasteiger partial charge is 0.261 e. The quantitative estimate of drug-likeness (QED) is 0.469. The Balaban J connectivity index is 1.86. The van der Waals surface area contributed by atoms with Crippen LogP contribution in [0, 0.1) is 0 Å². The molecule has 0 fully saturated rings. The number of benzene rings is 3. The van der Waals surface area contributed by atoms with Gasteiger partial charge in [0.2, 0.25) is 5.91 Å². The number of hydrogen-bond acceptors (Lipinski definition) is 4. The maximum Gasteiger partial charge on any atom is 0.261 e. The monoisotopic (exact) mass is 460 g/mol. The Morgan fingerprint density at radius 1 is 0.882 bits per heavy atom. The Bertz CT molecular complexity index is 1070. The third-order valence-corrected chi connectivity index (χ3v) is 5.70. The van der Waals surface area contributed by atoms with Crippen molar-refractivity contribution in [3.05, 3.63) is 95.6 Å². The lowest BCUT2D eigenvalue weighted by molar-refractivity contribution is -0.142. The SMILES string of the molecule is CCc1ccc(OCC(=O)N(Cc2cccc(OC)c2)C(Cc2ccccc2)C(=O)NC)cc1. The van der Waals surface area contributed by atoms with Crippen LogP contribution < -0.4 is 14.8 Å². The Morgan fingerprint density at radius 2 is 1.59 bits per heavy atom. The van der Waals surface area contributed by atoms with Crippen molar-refractivity contribution in [1.82, 2.24) is 10.2 Å². The van der Waals surface area contributed by atoms with Crippen LogP contribution in [-0.2, 0) is 29.0 Å². The maximum absolute atomic E-state index is 13.4. The molecule has 3 rings (SSSR count). The van der Waals surface area contributed by atoms with Gasteiger partial charge in [0.05, 0.1) is 7.11 Å². The van der Waals surface area contributed by atoms with Gasteiger partial charge in [-0.25, -0.2) is 0 Å². The highest BCUT2D eigenvalue weighted by Gasteiger charge is 2.30. The van der Waals surface area contributed by atoms with Crippen molar-refractivity contribution < 1.29 is 19.1 Å². The summed E-state index contributed by atoms with van der Waals surface area (Å²) in [5, 5.41) is 2.72. The van der Waals surface area contributed by atoms with Gasteiger partial charge in [0, 0.05) is 20.0 Å². The van der Waals surface area contributed by atoms with E-state index in [0.717, 1.165) is 17.5 Å². The van der Waals surface area contributed by atoms with Crippen LogP contribution >= 0.6 is 0 Å². The lowest BCUT2D eigenvalue weighted by atomic mass is 10.0. The van der Waals surface area contributed by atoms with Gasteiger partial charge in [-0.15, -0.1) is 0 Å². The molecule has 3 aromatic carbocycles. The number of nitrogens with one attached hydrogen (secondary N) is 1. The fourth-order valence-electron chi connectivity index (χ4n) is 3.74. The minimum Gasteiger partial charge on any atom is -0.497 e. The molecule has 0 heterocycles. The van der Waals surface area contributed by atoms with E-state index in [-0.39, 0.29) is 25.0 Å². The summed E-state index contributed by atoms with van der Waals surface area (Å²) in [6.07, 6.45) is 1.32. The van der Waals surface area contributed by atoms with E-state index in [1.54, 1.807) is 19.1 Å². The normalized spacial score (nSPS) is 11.4. The number of hydrogen-bond donors (Lipinski definition) is 1. The number of aryl methyl sites for hydroxylation is 1. The molecule has 2 amide bonds. The van der Waals surface area contributed by atoms with Crippen molar-refractivity contribution in [2.24, 2.45) is 0 Å². The third kappa shape index (κ3) is 6.85. The van der Waals surface area contributed by atoms with E-state index >= 15 is 0 Å². The first-order valence-electron chi connectivity index (χ1n) is 11.4. The predicted molar refractivity (Wildman–Crippen MR) is 133 cm³/mol. The summed E-state index contributed by atoms with van der Waals surface area (Å²) in [5.74, 6) is 0.808. The topological polar surface area (TPSA) is 67.9 Å². The van der Waals surface area contributed by atoms with Crippen molar-refractivity contribution >= 4 is 11.8 Å². The molecule has 0 bridgehead atoms. The summed E-state index contributed by atoms with van der Waals surface area (Å²) >= 11 is 0. The average molecular weight is 461 g/mol. The van der Waals surface area contributed by atoms with Crippen LogP contribution in [0.4, 0.5) is 0 Å². The van der Waals surface area contributed by atoms with Crippen molar-refractivity contribution in [3.8, 4) is 11.5 Å². The lowest BCUT2D eigenvalue weighted by Crippen LogP contribution is -2.51. The standard InChI is InChI=1S/C28H32N2O4/c1-4-21-13-15-24(16-14-21)34-20-27(31)30(19-23-11-8-12-25(17-23)33-3)26(28(32)29-2)18-22-9-6-5-7-10-22/h5-17,26H,4,18-20H2,1-3H3,(H,29,32). The van der Waals surface area contributed by atoms with Crippen molar-refractivity contribution in [1.29, 1.82) is 0 Å². The van der Waals surface area contributed by atoms with E-state index < -0.39 is 6.04 Å². The first-order valence-corrected chi connectivity index (χ1v) is 11.4. The van der Waals surface area contributed by atoms with E-state index in [4.69, 9.17) is 9.47 Å². The second-order valence-electron chi connectivity index (χ2n) is 7.98. The first-order chi connectivity index (χ1) is 16.5. The number of likely N-dealkylation sites (N-methyl/N-ethyl adjacent to an activating group) is 1. The van der Waals surface area contributed by atoms with Gasteiger partial charge in [0.1, 0.15) is 17.5 Å². The Hall–Kier alpha value is -3.80. The van der Waals surface area contributed by atoms with Crippen molar-refractivity contribution in [2.45, 2.75) is 32.4 Å². The van der Waals surface area contributed by atoms with Gasteiger partial charge in [-0.05, 0) is 47.4 Å². The van der Waals surface area contributed by atoms with Crippen LogP contribution in [-0.4, -0.2) is 43.5 Å². The van der Waals surface area contributed by atoms with E-state index in [1.807, 2.05) is 78.9 Å². The molecular weight excluding hydrogens is 428 g/mol. The fourth-order valence-corrected chi connectivity index (χ4v) is 3.74. The molecule has 1 atom stereocenters. The fraction of sp³-hybridized carbons (Fsp3) is 0.286. The number of rotatable bonds is 11. The summed E-state index contributed by atoms with van der Waals surface area (Å²) in [6.45, 7) is 2.16. The lowest BCUT2D eigenvalue weighted by Gasteiger charge is -2.31. The van der Waals surface area contributed by atoms with Crippen LogP contribution in [0.3, 0.4) is 0 Å². The molecule has 34 heavy (non-hydrogen) atoms. The van der Waals surface area contributed by atoms with E-state index in [0.29, 0.717) is 17.9 Å². The van der Waals surface area contributed by atoms with Crippen LogP contribution in [0.1, 0.15) is 23.6 Å². The zero-order valence-electron chi connectivity index (χ0n) is 20.0. The number of carbonyl (C=O) groups is 2. The molecule has 0 aliphatic carbocycles. The van der Waals surface area contributed by atoms with Crippen LogP contribution in [0.25, 0.3) is 0 Å². The van der Waals surface area contributed by atoms with Gasteiger partial charge in [0.25, 0.3) is 5.91 Å². The summed E-state index contributed by atoms with van der Waals surface area (Å²) in [6, 6.07) is 24.2. The van der Waals surface area contributed by atoms with Crippen molar-refractivity contribution in [2.75, 3.05) is 20.8 Å². The van der Waals surface area contributed by atoms with Gasteiger partial charge in [-0.2, -0.15) is 0 Å². The van der Waals surface area contributed by atoms with E-state index in [9.17, 15) is 9.59 Å². The molecule has 0 aromatic heterocycles. The van der Waals surface area contributed by atoms with Crippen LogP contribution in [0.5, 0.6) is 11.5 Å². The number of amides is 2. The summed E-state index contributed by atoms with van der Waals surface area (Å²) in [7, 11) is 3.18. The Morgan fingerprint density at radius 3 is 2.24 bits per heavy atom. The van der Waals surface area contributed by atoms with Gasteiger partial charge in [-0.3, -0.25) is 9.59 Å². The summed E-state index contributed by atoms with van der Waals surface area (Å²) < 4.78 is 11.1. The number of nitrogens with zero attached hydrogens (tertiary/aromatic N) is 1. The van der Waals surface area contributed by atoms with Gasteiger partial charge >= 0.3 is 0 Å². The third-order valence-electron chi connectivity index (χ3n) is 5.70. The molecule has 1 unspecified atom stereocenters. The first kappa shape index (κ1) is 24.8. The Kier molecular flexibility index (Phi) is 9.09. The van der Waals surface area contributed by atoms with E-state index in [2.05, 4.69) is 12.2 Å². The second-order valence-corrected chi connectivity index (χ2v) is 7.98. The number of carbonyl (C=O) groups excluding carboxylic acids is 2. The molecule has 0 saturated carbocycles. The molecule has 1 N–H and O–H groups in total. The molecule has 6 heteroatoms. The molecule has 178 valence electrons. The van der Waals surface area contributed by atoms with Crippen LogP contribution in [0.2, 0.25) is 0 Å².